The van der Waals surface area contributed by atoms with Crippen LogP contribution >= 0.6 is 0 Å². The zero-order chi connectivity index (χ0) is 14.0. The van der Waals surface area contributed by atoms with E-state index in [0.717, 1.165) is 6.39 Å². The maximum Gasteiger partial charge on any atom is 0.358 e. The predicted molar refractivity (Wildman–Crippen MR) is 62.1 cm³/mol. The van der Waals surface area contributed by atoms with Crippen LogP contribution in [0.25, 0.3) is 11.3 Å². The van der Waals surface area contributed by atoms with E-state index in [0.29, 0.717) is 5.56 Å². The molecule has 0 aliphatic heterocycles. The summed E-state index contributed by atoms with van der Waals surface area (Å²) < 4.78 is 9.89. The van der Waals surface area contributed by atoms with Crippen molar-refractivity contribution in [1.82, 2.24) is 4.98 Å². The lowest BCUT2D eigenvalue weighted by atomic mass is 10.1. The smallest absolute Gasteiger partial charge is 0.358 e. The van der Waals surface area contributed by atoms with Gasteiger partial charge in [0.1, 0.15) is 0 Å². The fourth-order valence-corrected chi connectivity index (χ4v) is 1.57. The highest BCUT2D eigenvalue weighted by Crippen LogP contribution is 2.33. The molecule has 0 aliphatic carbocycles. The minimum atomic E-state index is -1.25. The molecule has 1 aromatic carbocycles. The Kier molecular flexibility index (Phi) is 3.15. The molecule has 2 rings (SSSR count). The normalized spacial score (nSPS) is 10.2. The van der Waals surface area contributed by atoms with E-state index in [9.17, 15) is 14.9 Å². The summed E-state index contributed by atoms with van der Waals surface area (Å²) in [5, 5.41) is 19.7. The van der Waals surface area contributed by atoms with Crippen molar-refractivity contribution in [2.45, 2.75) is 0 Å². The number of methoxy groups -OCH3 is 1. The molecular formula is C11H8N2O6. The molecule has 1 heterocycles. The van der Waals surface area contributed by atoms with Crippen LogP contribution in [0.5, 0.6) is 5.75 Å². The molecule has 98 valence electrons. The summed E-state index contributed by atoms with van der Waals surface area (Å²) in [6.45, 7) is 0. The van der Waals surface area contributed by atoms with E-state index in [1.807, 2.05) is 0 Å². The highest BCUT2D eigenvalue weighted by Gasteiger charge is 2.21. The number of aromatic nitrogens is 1. The number of rotatable bonds is 4. The van der Waals surface area contributed by atoms with Gasteiger partial charge in [0.2, 0.25) is 0 Å². The van der Waals surface area contributed by atoms with Crippen molar-refractivity contribution >= 4 is 11.7 Å². The molecule has 0 spiro atoms. The fourth-order valence-electron chi connectivity index (χ4n) is 1.57. The minimum absolute atomic E-state index is 0.00948. The fraction of sp³-hybridized carbons (Fsp3) is 0.0909. The van der Waals surface area contributed by atoms with Crippen molar-refractivity contribution in [2.24, 2.45) is 0 Å². The standard InChI is InChI=1S/C11H8N2O6/c1-18-8-4-6(2-3-7(8)13(16)17)10-9(11(14)15)12-5-19-10/h2-5H,1H3,(H,14,15). The average molecular weight is 264 g/mol. The van der Waals surface area contributed by atoms with E-state index in [4.69, 9.17) is 14.3 Å². The van der Waals surface area contributed by atoms with Crippen LogP contribution in [0.3, 0.4) is 0 Å². The number of aromatic carboxylic acids is 1. The van der Waals surface area contributed by atoms with Gasteiger partial charge in [-0.05, 0) is 12.1 Å². The molecule has 0 radical (unpaired) electrons. The molecular weight excluding hydrogens is 256 g/mol. The molecule has 1 N–H and O–H groups in total. The van der Waals surface area contributed by atoms with E-state index in [1.54, 1.807) is 0 Å². The Morgan fingerprint density at radius 2 is 2.26 bits per heavy atom. The van der Waals surface area contributed by atoms with Crippen molar-refractivity contribution in [3.63, 3.8) is 0 Å². The molecule has 0 bridgehead atoms. The maximum atomic E-state index is 10.9. The van der Waals surface area contributed by atoms with Crippen LogP contribution in [0.2, 0.25) is 0 Å². The van der Waals surface area contributed by atoms with Gasteiger partial charge in [0, 0.05) is 11.6 Å². The lowest BCUT2D eigenvalue weighted by molar-refractivity contribution is -0.385. The molecule has 8 nitrogen and oxygen atoms in total. The summed E-state index contributed by atoms with van der Waals surface area (Å²) in [5.74, 6) is -1.22. The first-order chi connectivity index (χ1) is 9.04. The highest BCUT2D eigenvalue weighted by molar-refractivity contribution is 5.92. The number of ether oxygens (including phenoxy) is 1. The van der Waals surface area contributed by atoms with Gasteiger partial charge in [-0.3, -0.25) is 10.1 Å². The van der Waals surface area contributed by atoms with E-state index < -0.39 is 10.9 Å². The van der Waals surface area contributed by atoms with E-state index >= 15 is 0 Å². The molecule has 2 aromatic rings. The number of nitro groups is 1. The number of nitrogens with zero attached hydrogens (tertiary/aromatic N) is 2. The van der Waals surface area contributed by atoms with Gasteiger partial charge in [-0.25, -0.2) is 9.78 Å². The monoisotopic (exact) mass is 264 g/mol. The van der Waals surface area contributed by atoms with Gasteiger partial charge >= 0.3 is 11.7 Å². The Balaban J connectivity index is 2.55. The summed E-state index contributed by atoms with van der Waals surface area (Å²) in [5.41, 5.74) is -0.157. The largest absolute Gasteiger partial charge is 0.490 e. The van der Waals surface area contributed by atoms with Gasteiger partial charge in [0.15, 0.2) is 23.6 Å². The second-order valence-corrected chi connectivity index (χ2v) is 3.48. The predicted octanol–water partition coefficient (Wildman–Crippen LogP) is 1.96. The van der Waals surface area contributed by atoms with Crippen molar-refractivity contribution in [3.8, 4) is 17.1 Å². The third kappa shape index (κ3) is 2.23. The number of benzene rings is 1. The zero-order valence-corrected chi connectivity index (χ0v) is 9.69. The number of oxazole rings is 1. The van der Waals surface area contributed by atoms with Gasteiger partial charge in [-0.2, -0.15) is 0 Å². The first-order valence-corrected chi connectivity index (χ1v) is 5.04. The highest BCUT2D eigenvalue weighted by atomic mass is 16.6. The number of nitro benzene ring substituents is 1. The second-order valence-electron chi connectivity index (χ2n) is 3.48. The molecule has 0 amide bonds. The van der Waals surface area contributed by atoms with Gasteiger partial charge in [0.25, 0.3) is 0 Å². The van der Waals surface area contributed by atoms with Crippen LogP contribution in [0.15, 0.2) is 29.0 Å². The van der Waals surface area contributed by atoms with Crippen LogP contribution in [-0.4, -0.2) is 28.1 Å². The molecule has 0 saturated carbocycles. The molecule has 0 atom stereocenters. The third-order valence-corrected chi connectivity index (χ3v) is 2.41. The Hall–Kier alpha value is -2.90. The molecule has 0 fully saturated rings. The van der Waals surface area contributed by atoms with Gasteiger partial charge in [-0.1, -0.05) is 0 Å². The average Bonchev–Trinajstić information content (AvgIpc) is 2.87. The van der Waals surface area contributed by atoms with E-state index in [-0.39, 0.29) is 22.9 Å². The van der Waals surface area contributed by atoms with Crippen molar-refractivity contribution in [1.29, 1.82) is 0 Å². The van der Waals surface area contributed by atoms with E-state index in [2.05, 4.69) is 4.98 Å². The van der Waals surface area contributed by atoms with Crippen LogP contribution < -0.4 is 4.74 Å². The molecule has 0 aliphatic rings. The van der Waals surface area contributed by atoms with Crippen LogP contribution in [0, 0.1) is 10.1 Å². The summed E-state index contributed by atoms with van der Waals surface area (Å²) in [7, 11) is 1.28. The first-order valence-electron chi connectivity index (χ1n) is 5.04. The number of carbonyl (C=O) groups is 1. The van der Waals surface area contributed by atoms with Crippen molar-refractivity contribution in [2.75, 3.05) is 7.11 Å². The molecule has 0 unspecified atom stereocenters. The zero-order valence-electron chi connectivity index (χ0n) is 9.69. The molecule has 8 heteroatoms. The Labute approximate surface area is 106 Å². The third-order valence-electron chi connectivity index (χ3n) is 2.41. The van der Waals surface area contributed by atoms with Gasteiger partial charge < -0.3 is 14.3 Å². The van der Waals surface area contributed by atoms with Crippen LogP contribution in [0.4, 0.5) is 5.69 Å². The van der Waals surface area contributed by atoms with Crippen molar-refractivity contribution in [3.05, 3.63) is 40.4 Å². The second kappa shape index (κ2) is 4.77. The first kappa shape index (κ1) is 12.6. The number of carboxylic acid groups (broad SMARTS) is 1. The Morgan fingerprint density at radius 1 is 1.53 bits per heavy atom. The SMILES string of the molecule is COc1cc(-c2ocnc2C(=O)O)ccc1[N+](=O)[O-]. The summed E-state index contributed by atoms with van der Waals surface area (Å²) in [6.07, 6.45) is 0.993. The van der Waals surface area contributed by atoms with Crippen LogP contribution in [0.1, 0.15) is 10.5 Å². The molecule has 0 saturated heterocycles. The molecule has 19 heavy (non-hydrogen) atoms. The quantitative estimate of drug-likeness (QED) is 0.662. The lowest BCUT2D eigenvalue weighted by Gasteiger charge is -2.03. The summed E-state index contributed by atoms with van der Waals surface area (Å²) >= 11 is 0. The Bertz CT molecular complexity index is 648. The van der Waals surface area contributed by atoms with Gasteiger partial charge in [0.05, 0.1) is 12.0 Å². The van der Waals surface area contributed by atoms with Gasteiger partial charge in [-0.15, -0.1) is 0 Å². The molecule has 1 aromatic heterocycles. The number of hydrogen-bond donors (Lipinski definition) is 1. The van der Waals surface area contributed by atoms with E-state index in [1.165, 1.54) is 25.3 Å². The lowest BCUT2D eigenvalue weighted by Crippen LogP contribution is -1.99. The summed E-state index contributed by atoms with van der Waals surface area (Å²) in [6, 6.07) is 3.90. The minimum Gasteiger partial charge on any atom is -0.490 e. The topological polar surface area (TPSA) is 116 Å². The number of carboxylic acids is 1. The Morgan fingerprint density at radius 3 is 2.84 bits per heavy atom. The van der Waals surface area contributed by atoms with Crippen molar-refractivity contribution < 1.29 is 24.0 Å². The maximum absolute atomic E-state index is 10.9. The van der Waals surface area contributed by atoms with Crippen LogP contribution in [-0.2, 0) is 0 Å². The number of hydrogen-bond acceptors (Lipinski definition) is 6. The summed E-state index contributed by atoms with van der Waals surface area (Å²) in [4.78, 5) is 24.6.